The van der Waals surface area contributed by atoms with Gasteiger partial charge in [0.2, 0.25) is 0 Å². The number of hydrogen-bond acceptors (Lipinski definition) is 5. The second kappa shape index (κ2) is 11.5. The third-order valence-electron chi connectivity index (χ3n) is 6.68. The quantitative estimate of drug-likeness (QED) is 0.359. The van der Waals surface area contributed by atoms with Crippen molar-refractivity contribution in [3.05, 3.63) is 77.2 Å². The molecule has 4 rings (SSSR count). The Balaban J connectivity index is 1.58. The number of nitrogens with zero attached hydrogens (tertiary/aromatic N) is 2. The van der Waals surface area contributed by atoms with Crippen LogP contribution < -0.4 is 5.73 Å². The van der Waals surface area contributed by atoms with E-state index in [1.807, 2.05) is 24.3 Å². The number of benzene rings is 2. The second-order valence-electron chi connectivity index (χ2n) is 8.99. The van der Waals surface area contributed by atoms with Gasteiger partial charge in [0.05, 0.1) is 0 Å². The molecule has 0 saturated heterocycles. The van der Waals surface area contributed by atoms with E-state index >= 15 is 0 Å². The van der Waals surface area contributed by atoms with Gasteiger partial charge in [-0.2, -0.15) is 0 Å². The zero-order valence-electron chi connectivity index (χ0n) is 19.4. The van der Waals surface area contributed by atoms with E-state index in [-0.39, 0.29) is 21.8 Å². The Labute approximate surface area is 211 Å². The number of carbonyl (C=O) groups excluding carboxylic acids is 1. The van der Waals surface area contributed by atoms with E-state index in [0.717, 1.165) is 37.1 Å². The van der Waals surface area contributed by atoms with E-state index in [2.05, 4.69) is 22.1 Å². The number of imidazole rings is 1. The maximum absolute atomic E-state index is 13.3. The molecule has 1 radical (unpaired) electrons. The van der Waals surface area contributed by atoms with Gasteiger partial charge in [0.25, 0.3) is 0 Å². The van der Waals surface area contributed by atoms with Gasteiger partial charge >= 0.3 is 212 Å². The Hall–Kier alpha value is -3.20. The van der Waals surface area contributed by atoms with E-state index in [1.165, 1.54) is 12.1 Å². The van der Waals surface area contributed by atoms with Gasteiger partial charge in [-0.1, -0.05) is 0 Å². The molecule has 1 heterocycles. The molecule has 2 aromatic carbocycles. The molecular formula is C27H28AsN4O3. The molecule has 8 heteroatoms. The van der Waals surface area contributed by atoms with Crippen molar-refractivity contribution < 1.29 is 14.7 Å². The topological polar surface area (TPSA) is 133 Å². The second-order valence-corrected chi connectivity index (χ2v) is 11.8. The van der Waals surface area contributed by atoms with Crippen molar-refractivity contribution >= 4 is 26.3 Å². The summed E-state index contributed by atoms with van der Waals surface area (Å²) in [6.45, 7) is 0.694. The molecular weight excluding hydrogens is 503 g/mol. The number of nitrogens with two attached hydrogens (primary N) is 1. The van der Waals surface area contributed by atoms with Crippen molar-refractivity contribution in [1.82, 2.24) is 9.97 Å². The Kier molecular flexibility index (Phi) is 8.17. The predicted molar refractivity (Wildman–Crippen MR) is 134 cm³/mol. The molecule has 1 aromatic heterocycles. The molecule has 1 atom stereocenters. The standard InChI is InChI=1S/C27H28AsN4O3/c29-14-18-6-8-19(9-7-18)25(33)28-23(12-17-4-2-1-3-5-17)26-31-16-24(32-26)20-10-11-21(15-30)22(13-20)27(34)35/h1-5,10-11,13,16,18-19,23H,6-9,12,14,29H2,(H,31,32)(H,34,35). The van der Waals surface area contributed by atoms with Gasteiger partial charge in [0.15, 0.2) is 0 Å². The molecule has 1 fully saturated rings. The molecule has 1 aliphatic rings. The van der Waals surface area contributed by atoms with Gasteiger partial charge < -0.3 is 0 Å². The van der Waals surface area contributed by atoms with Crippen LogP contribution in [-0.4, -0.2) is 47.9 Å². The first-order chi connectivity index (χ1) is 17.0. The van der Waals surface area contributed by atoms with Crippen molar-refractivity contribution in [1.29, 1.82) is 5.26 Å². The SMILES string of the molecule is N#Cc1ccc(-c2cnc(C(Cc3ccccc3)[As]C(=O)C3CCC(CN)CC3)[nH]2)cc1C(=O)O. The van der Waals surface area contributed by atoms with Crippen molar-refractivity contribution in [3.63, 3.8) is 0 Å². The van der Waals surface area contributed by atoms with Crippen molar-refractivity contribution in [3.8, 4) is 17.3 Å². The molecule has 0 aliphatic heterocycles. The van der Waals surface area contributed by atoms with Crippen LogP contribution >= 0.6 is 0 Å². The van der Waals surface area contributed by atoms with E-state index < -0.39 is 21.7 Å². The molecule has 4 N–H and O–H groups in total. The van der Waals surface area contributed by atoms with E-state index in [4.69, 9.17) is 5.73 Å². The molecule has 1 aliphatic carbocycles. The van der Waals surface area contributed by atoms with E-state index in [0.29, 0.717) is 34.7 Å². The molecule has 0 amide bonds. The van der Waals surface area contributed by atoms with Gasteiger partial charge in [-0.15, -0.1) is 0 Å². The summed E-state index contributed by atoms with van der Waals surface area (Å²) in [5, 5.41) is 18.7. The molecule has 179 valence electrons. The van der Waals surface area contributed by atoms with E-state index in [9.17, 15) is 20.0 Å². The summed E-state index contributed by atoms with van der Waals surface area (Å²) in [5.74, 6) is 0.243. The third kappa shape index (κ3) is 6.08. The zero-order chi connectivity index (χ0) is 24.8. The molecule has 35 heavy (non-hydrogen) atoms. The van der Waals surface area contributed by atoms with Crippen molar-refractivity contribution in [2.45, 2.75) is 36.8 Å². The van der Waals surface area contributed by atoms with Gasteiger partial charge in [-0.05, 0) is 0 Å². The fourth-order valence-corrected chi connectivity index (χ4v) is 7.38. The number of aromatic carboxylic acids is 1. The summed E-state index contributed by atoms with van der Waals surface area (Å²) in [5.41, 5.74) is 8.35. The van der Waals surface area contributed by atoms with Gasteiger partial charge in [0.1, 0.15) is 0 Å². The number of carboxylic acid groups (broad SMARTS) is 1. The van der Waals surface area contributed by atoms with Gasteiger partial charge in [0, 0.05) is 0 Å². The number of H-pyrrole nitrogens is 1. The monoisotopic (exact) mass is 531 g/mol. The first-order valence-electron chi connectivity index (χ1n) is 11.8. The van der Waals surface area contributed by atoms with Crippen LogP contribution in [0.1, 0.15) is 57.7 Å². The Morgan fingerprint density at radius 3 is 2.57 bits per heavy atom. The van der Waals surface area contributed by atoms with Crippen molar-refractivity contribution in [2.75, 3.05) is 6.54 Å². The van der Waals surface area contributed by atoms with Crippen LogP contribution in [0.2, 0.25) is 0 Å². The van der Waals surface area contributed by atoms with Crippen LogP contribution in [0, 0.1) is 23.2 Å². The van der Waals surface area contributed by atoms with Crippen LogP contribution in [0.25, 0.3) is 11.3 Å². The van der Waals surface area contributed by atoms with Crippen molar-refractivity contribution in [2.24, 2.45) is 17.6 Å². The molecule has 3 aromatic rings. The number of aromatic amines is 1. The van der Waals surface area contributed by atoms with Gasteiger partial charge in [-0.3, -0.25) is 0 Å². The fourth-order valence-electron chi connectivity index (χ4n) is 4.58. The maximum atomic E-state index is 13.3. The fraction of sp³-hybridized carbons (Fsp3) is 0.333. The number of carboxylic acids is 1. The van der Waals surface area contributed by atoms with Crippen LogP contribution in [0.4, 0.5) is 0 Å². The van der Waals surface area contributed by atoms with Crippen LogP contribution in [0.15, 0.2) is 54.7 Å². The summed E-state index contributed by atoms with van der Waals surface area (Å²) in [4.78, 5) is 32.8. The molecule has 7 nitrogen and oxygen atoms in total. The number of hydrogen-bond donors (Lipinski definition) is 3. The average Bonchev–Trinajstić information content (AvgIpc) is 3.39. The van der Waals surface area contributed by atoms with Crippen LogP contribution in [-0.2, 0) is 11.2 Å². The Morgan fingerprint density at radius 1 is 1.17 bits per heavy atom. The summed E-state index contributed by atoms with van der Waals surface area (Å²) >= 11 is -0.653. The first kappa shape index (κ1) is 24.9. The number of nitrogens with one attached hydrogen (secondary N) is 1. The molecule has 0 bridgehead atoms. The Bertz CT molecular complexity index is 1230. The summed E-state index contributed by atoms with van der Waals surface area (Å²) in [7, 11) is 0. The summed E-state index contributed by atoms with van der Waals surface area (Å²) in [6, 6.07) is 16.7. The number of carbonyl (C=O) groups is 2. The van der Waals surface area contributed by atoms with E-state index in [1.54, 1.807) is 12.3 Å². The normalized spacial score (nSPS) is 18.9. The predicted octanol–water partition coefficient (Wildman–Crippen LogP) is 3.93. The Morgan fingerprint density at radius 2 is 1.91 bits per heavy atom. The van der Waals surface area contributed by atoms with Gasteiger partial charge in [-0.25, -0.2) is 0 Å². The molecule has 0 spiro atoms. The first-order valence-corrected chi connectivity index (χ1v) is 13.8. The van der Waals surface area contributed by atoms with Crippen LogP contribution in [0.5, 0.6) is 0 Å². The molecule has 1 unspecified atom stereocenters. The average molecular weight is 531 g/mol. The molecule has 1 saturated carbocycles. The number of aromatic nitrogens is 2. The minimum atomic E-state index is -1.15. The summed E-state index contributed by atoms with van der Waals surface area (Å²) in [6.07, 6.45) is 6.27. The third-order valence-corrected chi connectivity index (χ3v) is 9.53. The number of nitriles is 1. The number of rotatable bonds is 9. The summed E-state index contributed by atoms with van der Waals surface area (Å²) < 4.78 is 0.335. The minimum absolute atomic E-state index is 0.0283. The zero-order valence-corrected chi connectivity index (χ0v) is 21.2. The van der Waals surface area contributed by atoms with Crippen LogP contribution in [0.3, 0.4) is 0 Å².